The van der Waals surface area contributed by atoms with Crippen molar-refractivity contribution in [3.05, 3.63) is 76.5 Å². The number of aromatic nitrogens is 2. The van der Waals surface area contributed by atoms with Gasteiger partial charge in [0.05, 0.1) is 35.7 Å². The highest BCUT2D eigenvalue weighted by Gasteiger charge is 2.26. The normalized spacial score (nSPS) is 14.2. The van der Waals surface area contributed by atoms with Crippen LogP contribution in [0.2, 0.25) is 0 Å². The van der Waals surface area contributed by atoms with E-state index in [-0.39, 0.29) is 24.1 Å². The van der Waals surface area contributed by atoms with Crippen LogP contribution >= 0.6 is 0 Å². The molecule has 0 unspecified atom stereocenters. The molecule has 4 rings (SSSR count). The number of nitrogens with one attached hydrogen (secondary N) is 1. The maximum absolute atomic E-state index is 14.0. The molecule has 1 aliphatic rings. The van der Waals surface area contributed by atoms with Crippen molar-refractivity contribution in [3.63, 3.8) is 0 Å². The number of carboxylic acids is 1. The lowest BCUT2D eigenvalue weighted by Crippen LogP contribution is -2.28. The molecule has 1 aliphatic carbocycles. The van der Waals surface area contributed by atoms with E-state index in [4.69, 9.17) is 15.1 Å². The maximum atomic E-state index is 14.0. The number of carbonyl (C=O) groups is 2. The number of aliphatic hydroxyl groups is 2. The Morgan fingerprint density at radius 3 is 2.47 bits per heavy atom. The summed E-state index contributed by atoms with van der Waals surface area (Å²) in [6.45, 7) is 5.47. The van der Waals surface area contributed by atoms with E-state index >= 15 is 0 Å². The summed E-state index contributed by atoms with van der Waals surface area (Å²) in [5.41, 5.74) is 6.94. The van der Waals surface area contributed by atoms with Crippen LogP contribution in [0.25, 0.3) is 28.5 Å². The Balaban J connectivity index is 1.79. The van der Waals surface area contributed by atoms with Crippen LogP contribution in [0.15, 0.2) is 42.5 Å². The lowest BCUT2D eigenvalue weighted by molar-refractivity contribution is -0.139. The predicted octanol–water partition coefficient (Wildman–Crippen LogP) is 4.84. The first-order valence-electron chi connectivity index (χ1n) is 15.5. The molecule has 4 N–H and O–H groups in total. The first-order valence-corrected chi connectivity index (χ1v) is 15.5. The lowest BCUT2D eigenvalue weighted by atomic mass is 9.86. The number of halogens is 1. The van der Waals surface area contributed by atoms with Crippen LogP contribution in [0.5, 0.6) is 0 Å². The number of aliphatic carboxylic acids is 1. The van der Waals surface area contributed by atoms with Gasteiger partial charge in [-0.3, -0.25) is 14.6 Å². The van der Waals surface area contributed by atoms with E-state index in [1.807, 2.05) is 34.0 Å². The molecule has 0 radical (unpaired) electrons. The van der Waals surface area contributed by atoms with Gasteiger partial charge in [-0.15, -0.1) is 0 Å². The third-order valence-corrected chi connectivity index (χ3v) is 7.82. The molecule has 2 aromatic heterocycles. The molecule has 10 heteroatoms. The van der Waals surface area contributed by atoms with Crippen molar-refractivity contribution in [2.45, 2.75) is 70.5 Å². The molecular weight excluding hydrogens is 575 g/mol. The summed E-state index contributed by atoms with van der Waals surface area (Å²) in [4.78, 5) is 35.9. The Labute approximate surface area is 263 Å². The SMILES string of the molecule is CC(C)c1nc2c(c(-c3ccc(F)cc3)c1C=C[C@@H](O)C[C@@H](O)CC(=O)O)CCCc1nc(C(=O)NCCCN(C)C)ccc1-2. The van der Waals surface area contributed by atoms with Crippen molar-refractivity contribution in [1.82, 2.24) is 20.2 Å². The minimum absolute atomic E-state index is 0.0317. The molecule has 2 heterocycles. The van der Waals surface area contributed by atoms with Gasteiger partial charge in [-0.05, 0) is 93.2 Å². The number of carboxylic acid groups (broad SMARTS) is 1. The minimum Gasteiger partial charge on any atom is -0.481 e. The zero-order chi connectivity index (χ0) is 32.7. The lowest BCUT2D eigenvalue weighted by Gasteiger charge is -2.22. The maximum Gasteiger partial charge on any atom is 0.305 e. The van der Waals surface area contributed by atoms with E-state index in [0.717, 1.165) is 64.3 Å². The highest BCUT2D eigenvalue weighted by molar-refractivity contribution is 5.93. The standard InChI is InChI=1S/C35H43FN4O5/c1-21(2)33-28(14-13-24(41)19-25(42)20-31(43)44)32(22-9-11-23(36)12-10-22)27-7-5-8-29-26(34(27)39-33)15-16-30(38-29)35(45)37-17-6-18-40(3)4/h9-16,21,24-25,41-42H,5-8,17-20H2,1-4H3,(H,37,45)(H,43,44)/t24-,25-/m1/s1. The number of pyridine rings is 2. The van der Waals surface area contributed by atoms with Crippen LogP contribution in [0.1, 0.15) is 78.5 Å². The molecule has 0 saturated heterocycles. The second-order valence-electron chi connectivity index (χ2n) is 12.1. The van der Waals surface area contributed by atoms with E-state index in [1.54, 1.807) is 30.4 Å². The summed E-state index contributed by atoms with van der Waals surface area (Å²) in [7, 11) is 3.99. The van der Waals surface area contributed by atoms with Gasteiger partial charge in [0, 0.05) is 24.1 Å². The second kappa shape index (κ2) is 15.3. The molecular formula is C35H43FN4O5. The fraction of sp³-hybridized carbons (Fsp3) is 0.429. The molecule has 240 valence electrons. The fourth-order valence-corrected chi connectivity index (χ4v) is 5.68. The molecule has 0 saturated carbocycles. The predicted molar refractivity (Wildman–Crippen MR) is 172 cm³/mol. The Morgan fingerprint density at radius 1 is 1.07 bits per heavy atom. The van der Waals surface area contributed by atoms with Gasteiger partial charge in [-0.2, -0.15) is 0 Å². The third-order valence-electron chi connectivity index (χ3n) is 7.82. The van der Waals surface area contributed by atoms with Gasteiger partial charge in [0.2, 0.25) is 0 Å². The van der Waals surface area contributed by atoms with Crippen LogP contribution in [0.4, 0.5) is 4.39 Å². The van der Waals surface area contributed by atoms with Crippen LogP contribution < -0.4 is 5.32 Å². The molecule has 0 aliphatic heterocycles. The number of carbonyl (C=O) groups excluding carboxylic acids is 1. The zero-order valence-corrected chi connectivity index (χ0v) is 26.4. The number of hydrogen-bond acceptors (Lipinski definition) is 7. The van der Waals surface area contributed by atoms with Gasteiger partial charge in [0.1, 0.15) is 11.5 Å². The van der Waals surface area contributed by atoms with Gasteiger partial charge in [0.15, 0.2) is 0 Å². The number of amides is 1. The number of aliphatic hydroxyl groups excluding tert-OH is 2. The van der Waals surface area contributed by atoms with E-state index in [1.165, 1.54) is 12.1 Å². The number of rotatable bonds is 13. The first kappa shape index (κ1) is 33.9. The number of aryl methyl sites for hydroxylation is 1. The number of nitrogens with zero attached hydrogens (tertiary/aromatic N) is 3. The fourth-order valence-electron chi connectivity index (χ4n) is 5.68. The van der Waals surface area contributed by atoms with Crippen molar-refractivity contribution in [1.29, 1.82) is 0 Å². The highest BCUT2D eigenvalue weighted by atomic mass is 19.1. The van der Waals surface area contributed by atoms with Gasteiger partial charge < -0.3 is 25.5 Å². The molecule has 0 spiro atoms. The summed E-state index contributed by atoms with van der Waals surface area (Å²) in [5.74, 6) is -1.74. The Morgan fingerprint density at radius 2 is 1.80 bits per heavy atom. The van der Waals surface area contributed by atoms with Crippen LogP contribution in [-0.2, 0) is 17.6 Å². The topological polar surface area (TPSA) is 136 Å². The minimum atomic E-state index is -1.19. The van der Waals surface area contributed by atoms with Crippen molar-refractivity contribution in [3.8, 4) is 22.4 Å². The summed E-state index contributed by atoms with van der Waals surface area (Å²) >= 11 is 0. The molecule has 45 heavy (non-hydrogen) atoms. The van der Waals surface area contributed by atoms with Crippen LogP contribution in [-0.4, -0.2) is 81.5 Å². The molecule has 3 aromatic rings. The van der Waals surface area contributed by atoms with Crippen molar-refractivity contribution in [2.24, 2.45) is 0 Å². The number of hydrogen-bond donors (Lipinski definition) is 4. The largest absolute Gasteiger partial charge is 0.481 e. The quantitative estimate of drug-likeness (QED) is 0.200. The van der Waals surface area contributed by atoms with Gasteiger partial charge >= 0.3 is 5.97 Å². The first-order chi connectivity index (χ1) is 21.4. The van der Waals surface area contributed by atoms with E-state index in [2.05, 4.69) is 10.2 Å². The highest BCUT2D eigenvalue weighted by Crippen LogP contribution is 2.41. The summed E-state index contributed by atoms with van der Waals surface area (Å²) in [5, 5.41) is 32.6. The van der Waals surface area contributed by atoms with Crippen molar-refractivity contribution >= 4 is 18.0 Å². The van der Waals surface area contributed by atoms with Crippen molar-refractivity contribution in [2.75, 3.05) is 27.2 Å². The smallest absolute Gasteiger partial charge is 0.305 e. The average molecular weight is 619 g/mol. The Hall–Kier alpha value is -3.99. The molecule has 2 atom stereocenters. The Kier molecular flexibility index (Phi) is 11.6. The summed E-state index contributed by atoms with van der Waals surface area (Å²) < 4.78 is 14.0. The van der Waals surface area contributed by atoms with E-state index in [0.29, 0.717) is 25.1 Å². The van der Waals surface area contributed by atoms with Gasteiger partial charge in [-0.25, -0.2) is 9.37 Å². The molecule has 1 amide bonds. The van der Waals surface area contributed by atoms with Gasteiger partial charge in [-0.1, -0.05) is 38.1 Å². The van der Waals surface area contributed by atoms with Crippen LogP contribution in [0.3, 0.4) is 0 Å². The molecule has 0 fully saturated rings. The molecule has 9 nitrogen and oxygen atoms in total. The van der Waals surface area contributed by atoms with Gasteiger partial charge in [0.25, 0.3) is 5.91 Å². The Bertz CT molecular complexity index is 1540. The van der Waals surface area contributed by atoms with E-state index in [9.17, 15) is 24.2 Å². The third kappa shape index (κ3) is 8.81. The van der Waals surface area contributed by atoms with Crippen LogP contribution in [0, 0.1) is 5.82 Å². The number of benzene rings is 1. The zero-order valence-electron chi connectivity index (χ0n) is 26.4. The molecule has 0 bridgehead atoms. The summed E-state index contributed by atoms with van der Waals surface area (Å²) in [6.07, 6.45) is 3.35. The van der Waals surface area contributed by atoms with E-state index < -0.39 is 24.6 Å². The van der Waals surface area contributed by atoms with Crippen molar-refractivity contribution < 1.29 is 29.3 Å². The average Bonchev–Trinajstić information content (AvgIpc) is 3.16. The summed E-state index contributed by atoms with van der Waals surface area (Å²) in [6, 6.07) is 9.93. The second-order valence-corrected chi connectivity index (χ2v) is 12.1. The monoisotopic (exact) mass is 618 g/mol. The number of fused-ring (bicyclic) bond motifs is 3. The molecule has 1 aromatic carbocycles.